The van der Waals surface area contributed by atoms with Crippen molar-refractivity contribution in [2.24, 2.45) is 0 Å². The smallest absolute Gasteiger partial charge is 0.255 e. The van der Waals surface area contributed by atoms with Gasteiger partial charge in [0.1, 0.15) is 0 Å². The topological polar surface area (TPSA) is 54.5 Å². The number of hydrogen-bond acceptors (Lipinski definition) is 3. The minimum atomic E-state index is -2.97. The van der Waals surface area contributed by atoms with Gasteiger partial charge in [0.15, 0.2) is 9.84 Å². The predicted molar refractivity (Wildman–Crippen MR) is 73.7 cm³/mol. The summed E-state index contributed by atoms with van der Waals surface area (Å²) in [5.41, 5.74) is 0.499. The van der Waals surface area contributed by atoms with Crippen LogP contribution in [0.25, 0.3) is 0 Å². The van der Waals surface area contributed by atoms with Gasteiger partial charge in [-0.15, -0.1) is 0 Å². The molecule has 1 aliphatic heterocycles. The van der Waals surface area contributed by atoms with Gasteiger partial charge in [0.25, 0.3) is 5.91 Å². The fraction of sp³-hybridized carbons (Fsp3) is 0.364. The minimum absolute atomic E-state index is 0.0317. The van der Waals surface area contributed by atoms with E-state index in [-0.39, 0.29) is 30.5 Å². The van der Waals surface area contributed by atoms with E-state index in [1.54, 1.807) is 23.1 Å². The molecule has 1 aliphatic rings. The maximum Gasteiger partial charge on any atom is 0.255 e. The number of amides is 1. The molecule has 1 aromatic carbocycles. The zero-order valence-electron chi connectivity index (χ0n) is 9.40. The molecule has 98 valence electrons. The highest BCUT2D eigenvalue weighted by molar-refractivity contribution is 9.10. The molecule has 0 aliphatic carbocycles. The molecule has 1 fully saturated rings. The van der Waals surface area contributed by atoms with E-state index in [2.05, 4.69) is 15.9 Å². The standard InChI is InChI=1S/C11H11BrClNO3S/c12-10-7-8(13)1-2-9(10)11(15)14-3-5-18(16,17)6-4-14/h1-2,7H,3-6H2. The molecule has 7 heteroatoms. The van der Waals surface area contributed by atoms with E-state index in [4.69, 9.17) is 11.6 Å². The Morgan fingerprint density at radius 1 is 1.28 bits per heavy atom. The number of rotatable bonds is 1. The van der Waals surface area contributed by atoms with E-state index in [1.807, 2.05) is 0 Å². The van der Waals surface area contributed by atoms with Crippen LogP contribution in [-0.4, -0.2) is 43.8 Å². The molecule has 0 aromatic heterocycles. The van der Waals surface area contributed by atoms with Crippen molar-refractivity contribution >= 4 is 43.3 Å². The lowest BCUT2D eigenvalue weighted by Gasteiger charge is -2.27. The molecule has 1 saturated heterocycles. The Labute approximate surface area is 119 Å². The maximum absolute atomic E-state index is 12.2. The molecule has 2 rings (SSSR count). The van der Waals surface area contributed by atoms with Crippen LogP contribution in [0, 0.1) is 0 Å². The van der Waals surface area contributed by atoms with Gasteiger partial charge in [-0.1, -0.05) is 11.6 Å². The molecule has 1 heterocycles. The first-order chi connectivity index (χ1) is 8.39. The summed E-state index contributed by atoms with van der Waals surface area (Å²) in [6.45, 7) is 0.493. The summed E-state index contributed by atoms with van der Waals surface area (Å²) >= 11 is 9.10. The van der Waals surface area contributed by atoms with Crippen LogP contribution in [0.3, 0.4) is 0 Å². The molecular formula is C11H11BrClNO3S. The van der Waals surface area contributed by atoms with Crippen LogP contribution in [0.5, 0.6) is 0 Å². The van der Waals surface area contributed by atoms with Gasteiger partial charge >= 0.3 is 0 Å². The zero-order valence-corrected chi connectivity index (χ0v) is 12.6. The third kappa shape index (κ3) is 3.05. The van der Waals surface area contributed by atoms with E-state index >= 15 is 0 Å². The molecule has 1 amide bonds. The number of carbonyl (C=O) groups is 1. The Balaban J connectivity index is 2.17. The third-order valence-electron chi connectivity index (χ3n) is 2.79. The second-order valence-electron chi connectivity index (χ2n) is 4.07. The number of carbonyl (C=O) groups excluding carboxylic acids is 1. The average molecular weight is 353 g/mol. The third-order valence-corrected chi connectivity index (χ3v) is 5.29. The van der Waals surface area contributed by atoms with Crippen molar-refractivity contribution < 1.29 is 13.2 Å². The number of nitrogens with zero attached hydrogens (tertiary/aromatic N) is 1. The van der Waals surface area contributed by atoms with Crippen molar-refractivity contribution in [3.63, 3.8) is 0 Å². The largest absolute Gasteiger partial charge is 0.337 e. The number of halogens is 2. The van der Waals surface area contributed by atoms with Gasteiger partial charge in [-0.3, -0.25) is 4.79 Å². The monoisotopic (exact) mass is 351 g/mol. The van der Waals surface area contributed by atoms with Crippen molar-refractivity contribution in [3.8, 4) is 0 Å². The Hall–Kier alpha value is -0.590. The highest BCUT2D eigenvalue weighted by atomic mass is 79.9. The van der Waals surface area contributed by atoms with Gasteiger partial charge < -0.3 is 4.90 Å². The first kappa shape index (κ1) is 13.8. The quantitative estimate of drug-likeness (QED) is 0.776. The van der Waals surface area contributed by atoms with Crippen LogP contribution in [-0.2, 0) is 9.84 Å². The molecule has 0 saturated carbocycles. The molecule has 0 bridgehead atoms. The lowest BCUT2D eigenvalue weighted by atomic mass is 10.2. The van der Waals surface area contributed by atoms with E-state index in [9.17, 15) is 13.2 Å². The SMILES string of the molecule is O=C(c1ccc(Cl)cc1Br)N1CCS(=O)(=O)CC1. The number of hydrogen-bond donors (Lipinski definition) is 0. The van der Waals surface area contributed by atoms with E-state index < -0.39 is 9.84 Å². The Morgan fingerprint density at radius 2 is 1.89 bits per heavy atom. The van der Waals surface area contributed by atoms with Crippen molar-refractivity contribution in [2.75, 3.05) is 24.6 Å². The summed E-state index contributed by atoms with van der Waals surface area (Å²) in [7, 11) is -2.97. The Kier molecular flexibility index (Phi) is 3.99. The molecule has 0 atom stereocenters. The van der Waals surface area contributed by atoms with Crippen molar-refractivity contribution in [2.45, 2.75) is 0 Å². The molecular weight excluding hydrogens is 342 g/mol. The van der Waals surface area contributed by atoms with E-state index in [0.29, 0.717) is 15.1 Å². The molecule has 18 heavy (non-hydrogen) atoms. The van der Waals surface area contributed by atoms with E-state index in [0.717, 1.165) is 0 Å². The first-order valence-corrected chi connectivity index (χ1v) is 8.33. The van der Waals surface area contributed by atoms with Crippen LogP contribution in [0.15, 0.2) is 22.7 Å². The van der Waals surface area contributed by atoms with Crippen LogP contribution in [0.2, 0.25) is 5.02 Å². The van der Waals surface area contributed by atoms with Gasteiger partial charge in [0, 0.05) is 22.6 Å². The molecule has 1 aromatic rings. The fourth-order valence-corrected chi connectivity index (χ4v) is 3.80. The highest BCUT2D eigenvalue weighted by Gasteiger charge is 2.26. The zero-order chi connectivity index (χ0) is 13.3. The van der Waals surface area contributed by atoms with Gasteiger partial charge in [-0.2, -0.15) is 0 Å². The van der Waals surface area contributed by atoms with Crippen LogP contribution in [0.1, 0.15) is 10.4 Å². The van der Waals surface area contributed by atoms with E-state index in [1.165, 1.54) is 0 Å². The van der Waals surface area contributed by atoms with Crippen molar-refractivity contribution in [3.05, 3.63) is 33.3 Å². The van der Waals surface area contributed by atoms with Crippen LogP contribution >= 0.6 is 27.5 Å². The maximum atomic E-state index is 12.2. The molecule has 0 unspecified atom stereocenters. The summed E-state index contributed by atoms with van der Waals surface area (Å²) in [5.74, 6) is -0.109. The predicted octanol–water partition coefficient (Wildman–Crippen LogP) is 1.97. The first-order valence-electron chi connectivity index (χ1n) is 5.34. The second kappa shape index (κ2) is 5.19. The van der Waals surface area contributed by atoms with Gasteiger partial charge in [-0.05, 0) is 34.1 Å². The molecule has 0 N–H and O–H groups in total. The molecule has 0 radical (unpaired) electrons. The summed E-state index contributed by atoms with van der Waals surface area (Å²) in [5, 5.41) is 0.541. The van der Waals surface area contributed by atoms with Crippen LogP contribution in [0.4, 0.5) is 0 Å². The molecule has 0 spiro atoms. The average Bonchev–Trinajstić information content (AvgIpc) is 2.28. The van der Waals surface area contributed by atoms with Gasteiger partial charge in [0.2, 0.25) is 0 Å². The van der Waals surface area contributed by atoms with Crippen LogP contribution < -0.4 is 0 Å². The van der Waals surface area contributed by atoms with Crippen molar-refractivity contribution in [1.29, 1.82) is 0 Å². The number of sulfone groups is 1. The number of benzene rings is 1. The summed E-state index contributed by atoms with van der Waals surface area (Å²) in [4.78, 5) is 13.8. The summed E-state index contributed by atoms with van der Waals surface area (Å²) < 4.78 is 23.2. The highest BCUT2D eigenvalue weighted by Crippen LogP contribution is 2.23. The summed E-state index contributed by atoms with van der Waals surface area (Å²) in [6, 6.07) is 4.92. The molecule has 4 nitrogen and oxygen atoms in total. The normalized spacial score (nSPS) is 18.7. The Bertz CT molecular complexity index is 574. The second-order valence-corrected chi connectivity index (χ2v) is 7.66. The summed E-state index contributed by atoms with van der Waals surface area (Å²) in [6.07, 6.45) is 0. The minimum Gasteiger partial charge on any atom is -0.337 e. The van der Waals surface area contributed by atoms with Crippen molar-refractivity contribution in [1.82, 2.24) is 4.90 Å². The lowest BCUT2D eigenvalue weighted by molar-refractivity contribution is 0.0769. The fourth-order valence-electron chi connectivity index (χ4n) is 1.75. The van der Waals surface area contributed by atoms with Gasteiger partial charge in [0.05, 0.1) is 17.1 Å². The lowest BCUT2D eigenvalue weighted by Crippen LogP contribution is -2.43. The Morgan fingerprint density at radius 3 is 2.44 bits per heavy atom. The van der Waals surface area contributed by atoms with Gasteiger partial charge in [-0.25, -0.2) is 8.42 Å².